The molecule has 0 amide bonds. The molecule has 1 aliphatic heterocycles. The highest BCUT2D eigenvalue weighted by atomic mass is 79.9. The van der Waals surface area contributed by atoms with Gasteiger partial charge in [0.1, 0.15) is 11.6 Å². The smallest absolute Gasteiger partial charge is 0.143 e. The SMILES string of the molecule is OC(c1cccc(Br)c1F)C1COc2ccccc21. The fourth-order valence-electron chi connectivity index (χ4n) is 2.41. The van der Waals surface area contributed by atoms with Gasteiger partial charge in [0.15, 0.2) is 0 Å². The number of aliphatic hydroxyl groups is 1. The van der Waals surface area contributed by atoms with E-state index in [1.807, 2.05) is 24.3 Å². The van der Waals surface area contributed by atoms with Gasteiger partial charge in [-0.25, -0.2) is 4.39 Å². The summed E-state index contributed by atoms with van der Waals surface area (Å²) >= 11 is 3.14. The first kappa shape index (κ1) is 12.6. The van der Waals surface area contributed by atoms with Gasteiger partial charge >= 0.3 is 0 Å². The lowest BCUT2D eigenvalue weighted by Gasteiger charge is -2.18. The predicted octanol–water partition coefficient (Wildman–Crippen LogP) is 3.80. The number of ether oxygens (including phenoxy) is 1. The molecule has 0 aromatic heterocycles. The van der Waals surface area contributed by atoms with Crippen LogP contribution in [0.3, 0.4) is 0 Å². The Labute approximate surface area is 119 Å². The van der Waals surface area contributed by atoms with E-state index in [1.165, 1.54) is 0 Å². The summed E-state index contributed by atoms with van der Waals surface area (Å²) in [5.74, 6) is 0.112. The van der Waals surface area contributed by atoms with Crippen LogP contribution in [0.4, 0.5) is 4.39 Å². The number of para-hydroxylation sites is 1. The Hall–Kier alpha value is -1.39. The van der Waals surface area contributed by atoms with Gasteiger partial charge in [-0.1, -0.05) is 30.3 Å². The second-order valence-corrected chi connectivity index (χ2v) is 5.40. The molecule has 0 aliphatic carbocycles. The number of hydrogen-bond acceptors (Lipinski definition) is 2. The maximum atomic E-state index is 14.0. The molecule has 0 fully saturated rings. The number of aliphatic hydroxyl groups excluding tert-OH is 1. The Kier molecular flexibility index (Phi) is 3.29. The molecule has 2 nitrogen and oxygen atoms in total. The Morgan fingerprint density at radius 3 is 2.84 bits per heavy atom. The van der Waals surface area contributed by atoms with Crippen LogP contribution in [0.1, 0.15) is 23.1 Å². The summed E-state index contributed by atoms with van der Waals surface area (Å²) in [7, 11) is 0. The Morgan fingerprint density at radius 2 is 2.00 bits per heavy atom. The van der Waals surface area contributed by atoms with Crippen molar-refractivity contribution in [2.24, 2.45) is 0 Å². The first-order valence-electron chi connectivity index (χ1n) is 6.02. The minimum atomic E-state index is -0.916. The van der Waals surface area contributed by atoms with Crippen molar-refractivity contribution in [3.63, 3.8) is 0 Å². The maximum Gasteiger partial charge on any atom is 0.143 e. The topological polar surface area (TPSA) is 29.5 Å². The molecule has 1 aliphatic rings. The van der Waals surface area contributed by atoms with Crippen molar-refractivity contribution in [2.45, 2.75) is 12.0 Å². The van der Waals surface area contributed by atoms with E-state index in [9.17, 15) is 9.50 Å². The van der Waals surface area contributed by atoms with Crippen LogP contribution in [0.5, 0.6) is 5.75 Å². The highest BCUT2D eigenvalue weighted by Crippen LogP contribution is 2.42. The molecule has 2 aromatic rings. The normalized spacial score (nSPS) is 18.8. The van der Waals surface area contributed by atoms with Gasteiger partial charge in [-0.3, -0.25) is 0 Å². The monoisotopic (exact) mass is 322 g/mol. The zero-order valence-corrected chi connectivity index (χ0v) is 11.6. The molecule has 0 spiro atoms. The van der Waals surface area contributed by atoms with Crippen molar-refractivity contribution in [1.82, 2.24) is 0 Å². The molecule has 19 heavy (non-hydrogen) atoms. The summed E-state index contributed by atoms with van der Waals surface area (Å²) < 4.78 is 19.9. The molecule has 0 bridgehead atoms. The van der Waals surface area contributed by atoms with Gasteiger partial charge in [0.2, 0.25) is 0 Å². The van der Waals surface area contributed by atoms with Crippen molar-refractivity contribution in [1.29, 1.82) is 0 Å². The van der Waals surface area contributed by atoms with Crippen molar-refractivity contribution in [3.05, 3.63) is 63.9 Å². The van der Waals surface area contributed by atoms with E-state index in [2.05, 4.69) is 15.9 Å². The van der Waals surface area contributed by atoms with Crippen LogP contribution in [0.2, 0.25) is 0 Å². The minimum absolute atomic E-state index is 0.236. The molecule has 1 heterocycles. The maximum absolute atomic E-state index is 14.0. The number of hydrogen-bond donors (Lipinski definition) is 1. The summed E-state index contributed by atoms with van der Waals surface area (Å²) in [4.78, 5) is 0. The van der Waals surface area contributed by atoms with Crippen LogP contribution in [-0.4, -0.2) is 11.7 Å². The molecule has 98 valence electrons. The van der Waals surface area contributed by atoms with Crippen LogP contribution in [0.25, 0.3) is 0 Å². The third-order valence-electron chi connectivity index (χ3n) is 3.42. The van der Waals surface area contributed by atoms with E-state index in [1.54, 1.807) is 18.2 Å². The van der Waals surface area contributed by atoms with Crippen molar-refractivity contribution in [3.8, 4) is 5.75 Å². The van der Waals surface area contributed by atoms with Gasteiger partial charge in [0.25, 0.3) is 0 Å². The fourth-order valence-corrected chi connectivity index (χ4v) is 2.80. The third-order valence-corrected chi connectivity index (χ3v) is 4.03. The van der Waals surface area contributed by atoms with Crippen LogP contribution in [0, 0.1) is 5.82 Å². The van der Waals surface area contributed by atoms with Gasteiger partial charge in [0, 0.05) is 11.1 Å². The molecule has 1 N–H and O–H groups in total. The van der Waals surface area contributed by atoms with E-state index in [0.29, 0.717) is 16.6 Å². The summed E-state index contributed by atoms with van der Waals surface area (Å²) in [6.07, 6.45) is -0.916. The van der Waals surface area contributed by atoms with E-state index in [0.717, 1.165) is 11.3 Å². The second kappa shape index (κ2) is 4.94. The molecule has 0 saturated carbocycles. The number of rotatable bonds is 2. The predicted molar refractivity (Wildman–Crippen MR) is 73.7 cm³/mol. The van der Waals surface area contributed by atoms with E-state index < -0.39 is 11.9 Å². The van der Waals surface area contributed by atoms with Gasteiger partial charge in [0.05, 0.1) is 23.1 Å². The summed E-state index contributed by atoms with van der Waals surface area (Å²) in [6.45, 7) is 0.368. The lowest BCUT2D eigenvalue weighted by molar-refractivity contribution is 0.126. The summed E-state index contributed by atoms with van der Waals surface area (Å²) in [6, 6.07) is 12.5. The van der Waals surface area contributed by atoms with Crippen molar-refractivity contribution >= 4 is 15.9 Å². The van der Waals surface area contributed by atoms with E-state index >= 15 is 0 Å². The largest absolute Gasteiger partial charge is 0.493 e. The molecular formula is C15H12BrFO2. The van der Waals surface area contributed by atoms with Crippen molar-refractivity contribution in [2.75, 3.05) is 6.61 Å². The molecule has 2 unspecified atom stereocenters. The average molecular weight is 323 g/mol. The molecule has 2 aromatic carbocycles. The molecule has 0 radical (unpaired) electrons. The van der Waals surface area contributed by atoms with Gasteiger partial charge in [-0.05, 0) is 28.1 Å². The fraction of sp³-hybridized carbons (Fsp3) is 0.200. The lowest BCUT2D eigenvalue weighted by atomic mass is 9.90. The van der Waals surface area contributed by atoms with Crippen LogP contribution in [0.15, 0.2) is 46.9 Å². The number of fused-ring (bicyclic) bond motifs is 1. The number of halogens is 2. The quantitative estimate of drug-likeness (QED) is 0.911. The summed E-state index contributed by atoms with van der Waals surface area (Å²) in [5, 5.41) is 10.4. The average Bonchev–Trinajstić information content (AvgIpc) is 2.85. The third kappa shape index (κ3) is 2.15. The zero-order valence-electron chi connectivity index (χ0n) is 10.0. The van der Waals surface area contributed by atoms with E-state index in [4.69, 9.17) is 4.74 Å². The molecule has 4 heteroatoms. The Bertz CT molecular complexity index is 615. The molecular weight excluding hydrogens is 311 g/mol. The molecule has 2 atom stereocenters. The first-order valence-corrected chi connectivity index (χ1v) is 6.81. The van der Waals surface area contributed by atoms with Crippen molar-refractivity contribution < 1.29 is 14.2 Å². The van der Waals surface area contributed by atoms with Gasteiger partial charge < -0.3 is 9.84 Å². The minimum Gasteiger partial charge on any atom is -0.493 e. The molecule has 0 saturated heterocycles. The second-order valence-electron chi connectivity index (χ2n) is 4.54. The van der Waals surface area contributed by atoms with Crippen LogP contribution >= 0.6 is 15.9 Å². The highest BCUT2D eigenvalue weighted by molar-refractivity contribution is 9.10. The Balaban J connectivity index is 1.98. The van der Waals surface area contributed by atoms with Crippen LogP contribution in [-0.2, 0) is 0 Å². The standard InChI is InChI=1S/C15H12BrFO2/c16-12-6-3-5-10(14(12)17)15(18)11-8-19-13-7-2-1-4-9(11)13/h1-7,11,15,18H,8H2. The Morgan fingerprint density at radius 1 is 1.21 bits per heavy atom. The summed E-state index contributed by atoms with van der Waals surface area (Å²) in [5.41, 5.74) is 1.22. The highest BCUT2D eigenvalue weighted by Gasteiger charge is 2.32. The lowest BCUT2D eigenvalue weighted by Crippen LogP contribution is -2.14. The molecule has 3 rings (SSSR count). The van der Waals surface area contributed by atoms with Gasteiger partial charge in [-0.15, -0.1) is 0 Å². The van der Waals surface area contributed by atoms with Crippen LogP contribution < -0.4 is 4.74 Å². The van der Waals surface area contributed by atoms with E-state index in [-0.39, 0.29) is 5.92 Å². The van der Waals surface area contributed by atoms with Gasteiger partial charge in [-0.2, -0.15) is 0 Å². The zero-order chi connectivity index (χ0) is 13.4. The number of benzene rings is 2. The first-order chi connectivity index (χ1) is 9.18.